The first-order valence-electron chi connectivity index (χ1n) is 7.90. The highest BCUT2D eigenvalue weighted by Crippen LogP contribution is 2.19. The number of ether oxygens (including phenoxy) is 3. The van der Waals surface area contributed by atoms with E-state index in [0.717, 1.165) is 25.3 Å². The minimum atomic E-state index is 0.212. The van der Waals surface area contributed by atoms with Crippen molar-refractivity contribution in [3.8, 4) is 5.75 Å². The molecule has 4 nitrogen and oxygen atoms in total. The number of rotatable bonds is 8. The van der Waals surface area contributed by atoms with Crippen LogP contribution in [0.25, 0.3) is 0 Å². The fourth-order valence-corrected chi connectivity index (χ4v) is 2.61. The molecule has 2 atom stereocenters. The Labute approximate surface area is 127 Å². The zero-order valence-corrected chi connectivity index (χ0v) is 13.1. The predicted molar refractivity (Wildman–Crippen MR) is 83.8 cm³/mol. The van der Waals surface area contributed by atoms with Crippen LogP contribution < -0.4 is 10.1 Å². The van der Waals surface area contributed by atoms with Crippen LogP contribution in [-0.4, -0.2) is 39.6 Å². The molecule has 118 valence electrons. The van der Waals surface area contributed by atoms with Gasteiger partial charge in [-0.05, 0) is 43.5 Å². The van der Waals surface area contributed by atoms with Gasteiger partial charge in [-0.3, -0.25) is 0 Å². The summed E-state index contributed by atoms with van der Waals surface area (Å²) in [6.45, 7) is 5.27. The second-order valence-corrected chi connectivity index (χ2v) is 5.41. The summed E-state index contributed by atoms with van der Waals surface area (Å²) in [4.78, 5) is 0. The van der Waals surface area contributed by atoms with Crippen molar-refractivity contribution < 1.29 is 14.2 Å². The quantitative estimate of drug-likeness (QED) is 0.800. The SMILES string of the molecule is CCNC(COCC1CCCCO1)c1ccc(OC)cc1. The molecule has 0 bridgehead atoms. The van der Waals surface area contributed by atoms with Crippen LogP contribution in [0, 0.1) is 0 Å². The molecule has 0 amide bonds. The van der Waals surface area contributed by atoms with Gasteiger partial charge in [0, 0.05) is 6.61 Å². The number of nitrogens with one attached hydrogen (secondary N) is 1. The zero-order valence-electron chi connectivity index (χ0n) is 13.1. The summed E-state index contributed by atoms with van der Waals surface area (Å²) in [5.41, 5.74) is 1.22. The molecule has 0 saturated carbocycles. The first-order chi connectivity index (χ1) is 10.3. The summed E-state index contributed by atoms with van der Waals surface area (Å²) < 4.78 is 16.8. The van der Waals surface area contributed by atoms with Gasteiger partial charge in [0.1, 0.15) is 5.75 Å². The van der Waals surface area contributed by atoms with Gasteiger partial charge >= 0.3 is 0 Å². The minimum absolute atomic E-state index is 0.212. The van der Waals surface area contributed by atoms with E-state index in [2.05, 4.69) is 24.4 Å². The van der Waals surface area contributed by atoms with Gasteiger partial charge in [0.25, 0.3) is 0 Å². The van der Waals surface area contributed by atoms with E-state index in [-0.39, 0.29) is 12.1 Å². The molecule has 21 heavy (non-hydrogen) atoms. The lowest BCUT2D eigenvalue weighted by Gasteiger charge is -2.24. The highest BCUT2D eigenvalue weighted by Gasteiger charge is 2.16. The molecule has 1 saturated heterocycles. The maximum atomic E-state index is 5.88. The van der Waals surface area contributed by atoms with Crippen LogP contribution >= 0.6 is 0 Å². The van der Waals surface area contributed by atoms with E-state index in [1.54, 1.807) is 7.11 Å². The van der Waals surface area contributed by atoms with Crippen LogP contribution in [0.1, 0.15) is 37.8 Å². The maximum Gasteiger partial charge on any atom is 0.118 e. The molecule has 1 N–H and O–H groups in total. The largest absolute Gasteiger partial charge is 0.497 e. The molecule has 2 rings (SSSR count). The second kappa shape index (κ2) is 9.03. The van der Waals surface area contributed by atoms with E-state index >= 15 is 0 Å². The van der Waals surface area contributed by atoms with Gasteiger partial charge in [-0.1, -0.05) is 19.1 Å². The standard InChI is InChI=1S/C17H27NO3/c1-3-18-17(14-7-9-15(19-2)10-8-14)13-20-12-16-6-4-5-11-21-16/h7-10,16-18H,3-6,11-13H2,1-2H3. The van der Waals surface area contributed by atoms with Crippen molar-refractivity contribution >= 4 is 0 Å². The van der Waals surface area contributed by atoms with E-state index in [0.29, 0.717) is 13.2 Å². The summed E-state index contributed by atoms with van der Waals surface area (Å²) in [7, 11) is 1.68. The summed E-state index contributed by atoms with van der Waals surface area (Å²) in [6, 6.07) is 8.37. The van der Waals surface area contributed by atoms with Gasteiger partial charge < -0.3 is 19.5 Å². The monoisotopic (exact) mass is 293 g/mol. The molecule has 1 aliphatic rings. The van der Waals surface area contributed by atoms with E-state index in [9.17, 15) is 0 Å². The number of benzene rings is 1. The first-order valence-corrected chi connectivity index (χ1v) is 7.90. The number of hydrogen-bond acceptors (Lipinski definition) is 4. The Morgan fingerprint density at radius 1 is 1.29 bits per heavy atom. The van der Waals surface area contributed by atoms with Crippen LogP contribution in [0.4, 0.5) is 0 Å². The van der Waals surface area contributed by atoms with E-state index in [4.69, 9.17) is 14.2 Å². The van der Waals surface area contributed by atoms with Crippen LogP contribution in [0.2, 0.25) is 0 Å². The molecular weight excluding hydrogens is 266 g/mol. The minimum Gasteiger partial charge on any atom is -0.497 e. The van der Waals surface area contributed by atoms with Gasteiger partial charge in [-0.25, -0.2) is 0 Å². The van der Waals surface area contributed by atoms with Crippen molar-refractivity contribution in [2.24, 2.45) is 0 Å². The Hall–Kier alpha value is -1.10. The third-order valence-corrected chi connectivity index (χ3v) is 3.83. The summed E-state index contributed by atoms with van der Waals surface area (Å²) in [5, 5.41) is 3.47. The number of likely N-dealkylation sites (N-methyl/N-ethyl adjacent to an activating group) is 1. The Morgan fingerprint density at radius 3 is 2.71 bits per heavy atom. The highest BCUT2D eigenvalue weighted by molar-refractivity contribution is 5.29. The molecule has 0 spiro atoms. The molecule has 1 heterocycles. The molecule has 0 radical (unpaired) electrons. The first kappa shape index (κ1) is 16.3. The lowest BCUT2D eigenvalue weighted by atomic mass is 10.1. The fourth-order valence-electron chi connectivity index (χ4n) is 2.61. The molecule has 1 aliphatic heterocycles. The van der Waals surface area contributed by atoms with E-state index < -0.39 is 0 Å². The average Bonchev–Trinajstić information content (AvgIpc) is 2.55. The second-order valence-electron chi connectivity index (χ2n) is 5.41. The Morgan fingerprint density at radius 2 is 2.10 bits per heavy atom. The zero-order chi connectivity index (χ0) is 14.9. The number of hydrogen-bond donors (Lipinski definition) is 1. The van der Waals surface area contributed by atoms with Crippen LogP contribution in [-0.2, 0) is 9.47 Å². The maximum absolute atomic E-state index is 5.88. The summed E-state index contributed by atoms with van der Waals surface area (Å²) >= 11 is 0. The van der Waals surface area contributed by atoms with Crippen molar-refractivity contribution in [2.45, 2.75) is 38.3 Å². The summed E-state index contributed by atoms with van der Waals surface area (Å²) in [6.07, 6.45) is 3.83. The fraction of sp³-hybridized carbons (Fsp3) is 0.647. The molecule has 1 aromatic carbocycles. The molecule has 1 fully saturated rings. The Kier molecular flexibility index (Phi) is 7.00. The van der Waals surface area contributed by atoms with Crippen molar-refractivity contribution in [1.29, 1.82) is 0 Å². The van der Waals surface area contributed by atoms with Crippen molar-refractivity contribution in [1.82, 2.24) is 5.32 Å². The smallest absolute Gasteiger partial charge is 0.118 e. The Bertz CT molecular complexity index is 388. The molecular formula is C17H27NO3. The van der Waals surface area contributed by atoms with E-state index in [1.165, 1.54) is 18.4 Å². The Balaban J connectivity index is 1.82. The van der Waals surface area contributed by atoms with Gasteiger partial charge in [-0.15, -0.1) is 0 Å². The third kappa shape index (κ3) is 5.30. The van der Waals surface area contributed by atoms with Crippen LogP contribution in [0.15, 0.2) is 24.3 Å². The van der Waals surface area contributed by atoms with Crippen LogP contribution in [0.5, 0.6) is 5.75 Å². The van der Waals surface area contributed by atoms with Crippen molar-refractivity contribution in [2.75, 3.05) is 33.5 Å². The van der Waals surface area contributed by atoms with Crippen LogP contribution in [0.3, 0.4) is 0 Å². The molecule has 2 unspecified atom stereocenters. The molecule has 4 heteroatoms. The highest BCUT2D eigenvalue weighted by atomic mass is 16.5. The molecule has 0 aliphatic carbocycles. The predicted octanol–water partition coefficient (Wildman–Crippen LogP) is 2.93. The van der Waals surface area contributed by atoms with Crippen molar-refractivity contribution in [3.05, 3.63) is 29.8 Å². The molecule has 0 aromatic heterocycles. The van der Waals surface area contributed by atoms with Crippen molar-refractivity contribution in [3.63, 3.8) is 0 Å². The normalized spacial score (nSPS) is 20.2. The molecule has 1 aromatic rings. The van der Waals surface area contributed by atoms with Gasteiger partial charge in [0.15, 0.2) is 0 Å². The average molecular weight is 293 g/mol. The lowest BCUT2D eigenvalue weighted by Crippen LogP contribution is -2.29. The van der Waals surface area contributed by atoms with Gasteiger partial charge in [-0.2, -0.15) is 0 Å². The van der Waals surface area contributed by atoms with Gasteiger partial charge in [0.05, 0.1) is 32.5 Å². The van der Waals surface area contributed by atoms with E-state index in [1.807, 2.05) is 12.1 Å². The summed E-state index contributed by atoms with van der Waals surface area (Å²) in [5.74, 6) is 0.880. The lowest BCUT2D eigenvalue weighted by molar-refractivity contribution is -0.0442. The topological polar surface area (TPSA) is 39.7 Å². The third-order valence-electron chi connectivity index (χ3n) is 3.83. The van der Waals surface area contributed by atoms with Gasteiger partial charge in [0.2, 0.25) is 0 Å². The number of methoxy groups -OCH3 is 1.